The smallest absolute Gasteiger partial charge is 0.335 e. The van der Waals surface area contributed by atoms with Crippen molar-refractivity contribution in [3.05, 3.63) is 0 Å². The minimum absolute atomic E-state index is 0.178. The van der Waals surface area contributed by atoms with Gasteiger partial charge in [0.15, 0.2) is 6.10 Å². The second kappa shape index (κ2) is 5.94. The summed E-state index contributed by atoms with van der Waals surface area (Å²) in [4.78, 5) is 10.9. The van der Waals surface area contributed by atoms with Crippen LogP contribution in [0.1, 0.15) is 20.3 Å². The minimum Gasteiger partial charge on any atom is -0.461 e. The maximum Gasteiger partial charge on any atom is 0.335 e. The van der Waals surface area contributed by atoms with Gasteiger partial charge in [-0.3, -0.25) is 0 Å². The molecule has 0 rings (SSSR count). The lowest BCUT2D eigenvalue weighted by atomic mass is 10.3. The lowest BCUT2D eigenvalue weighted by molar-refractivity contribution is -0.156. The van der Waals surface area contributed by atoms with Gasteiger partial charge in [-0.15, -0.1) is 0 Å². The Kier molecular flexibility index (Phi) is 5.62. The number of rotatable bonds is 5. The van der Waals surface area contributed by atoms with Crippen LogP contribution in [0.3, 0.4) is 0 Å². The number of hydrogen-bond acceptors (Lipinski definition) is 3. The number of halogens is 1. The molecule has 0 aromatic heterocycles. The molecule has 0 radical (unpaired) electrons. The summed E-state index contributed by atoms with van der Waals surface area (Å²) in [5.41, 5.74) is 0. The van der Waals surface area contributed by atoms with Crippen molar-refractivity contribution in [1.29, 1.82) is 0 Å². The first-order chi connectivity index (χ1) is 5.61. The SMILES string of the molecule is CCC(F)COC(=O)C(C)OC. The zero-order valence-corrected chi connectivity index (χ0v) is 7.67. The van der Waals surface area contributed by atoms with E-state index in [2.05, 4.69) is 9.47 Å². The maximum absolute atomic E-state index is 12.5. The number of ether oxygens (including phenoxy) is 2. The fraction of sp³-hybridized carbons (Fsp3) is 0.875. The average Bonchev–Trinajstić information content (AvgIpc) is 2.11. The van der Waals surface area contributed by atoms with Crippen molar-refractivity contribution >= 4 is 5.97 Å². The first kappa shape index (κ1) is 11.4. The van der Waals surface area contributed by atoms with E-state index in [0.717, 1.165) is 0 Å². The molecule has 72 valence electrons. The maximum atomic E-state index is 12.5. The zero-order chi connectivity index (χ0) is 9.56. The highest BCUT2D eigenvalue weighted by molar-refractivity contribution is 5.74. The van der Waals surface area contributed by atoms with Crippen molar-refractivity contribution in [3.8, 4) is 0 Å². The van der Waals surface area contributed by atoms with Crippen LogP contribution in [0.25, 0.3) is 0 Å². The lowest BCUT2D eigenvalue weighted by Crippen LogP contribution is -2.24. The normalized spacial score (nSPS) is 15.3. The summed E-state index contributed by atoms with van der Waals surface area (Å²) in [5, 5.41) is 0. The molecule has 0 amide bonds. The van der Waals surface area contributed by atoms with Crippen molar-refractivity contribution in [2.45, 2.75) is 32.5 Å². The number of hydrogen-bond donors (Lipinski definition) is 0. The molecule has 2 unspecified atom stereocenters. The predicted octanol–water partition coefficient (Wildman–Crippen LogP) is 1.31. The van der Waals surface area contributed by atoms with Gasteiger partial charge < -0.3 is 9.47 Å². The molecule has 0 bridgehead atoms. The molecule has 0 saturated carbocycles. The molecule has 0 aromatic carbocycles. The molecule has 0 spiro atoms. The Morgan fingerprint density at radius 3 is 2.58 bits per heavy atom. The molecule has 0 N–H and O–H groups in total. The number of carbonyl (C=O) groups is 1. The zero-order valence-electron chi connectivity index (χ0n) is 7.67. The van der Waals surface area contributed by atoms with Crippen LogP contribution in [0.4, 0.5) is 4.39 Å². The Hall–Kier alpha value is -0.640. The van der Waals surface area contributed by atoms with Gasteiger partial charge in [-0.25, -0.2) is 9.18 Å². The first-order valence-corrected chi connectivity index (χ1v) is 3.95. The summed E-state index contributed by atoms with van der Waals surface area (Å²) in [5.74, 6) is -0.520. The summed E-state index contributed by atoms with van der Waals surface area (Å²) < 4.78 is 21.8. The monoisotopic (exact) mass is 178 g/mol. The van der Waals surface area contributed by atoms with Gasteiger partial charge in [0, 0.05) is 7.11 Å². The van der Waals surface area contributed by atoms with E-state index in [0.29, 0.717) is 6.42 Å². The van der Waals surface area contributed by atoms with E-state index < -0.39 is 18.2 Å². The minimum atomic E-state index is -1.07. The summed E-state index contributed by atoms with van der Waals surface area (Å²) in [6.07, 6.45) is -1.33. The Morgan fingerprint density at radius 1 is 1.58 bits per heavy atom. The standard InChI is InChI=1S/C8H15FO3/c1-4-7(9)5-12-8(10)6(2)11-3/h6-7H,4-5H2,1-3H3. The van der Waals surface area contributed by atoms with Gasteiger partial charge >= 0.3 is 5.97 Å². The number of carbonyl (C=O) groups excluding carboxylic acids is 1. The van der Waals surface area contributed by atoms with Gasteiger partial charge in [0.1, 0.15) is 12.8 Å². The third-order valence-corrected chi connectivity index (χ3v) is 1.53. The molecule has 0 aromatic rings. The molecule has 4 heteroatoms. The summed E-state index contributed by atoms with van der Waals surface area (Å²) in [6, 6.07) is 0. The molecule has 0 aliphatic carbocycles. The third-order valence-electron chi connectivity index (χ3n) is 1.53. The van der Waals surface area contributed by atoms with Crippen molar-refractivity contribution in [1.82, 2.24) is 0 Å². The molecule has 0 fully saturated rings. The Labute approximate surface area is 71.8 Å². The van der Waals surface area contributed by atoms with E-state index in [-0.39, 0.29) is 6.61 Å². The fourth-order valence-electron chi connectivity index (χ4n) is 0.504. The van der Waals surface area contributed by atoms with E-state index in [1.165, 1.54) is 7.11 Å². The summed E-state index contributed by atoms with van der Waals surface area (Å²) in [7, 11) is 1.40. The first-order valence-electron chi connectivity index (χ1n) is 3.95. The van der Waals surface area contributed by atoms with Gasteiger partial charge in [-0.05, 0) is 13.3 Å². The quantitative estimate of drug-likeness (QED) is 0.595. The fourth-order valence-corrected chi connectivity index (χ4v) is 0.504. The topological polar surface area (TPSA) is 35.5 Å². The lowest BCUT2D eigenvalue weighted by Gasteiger charge is -2.10. The highest BCUT2D eigenvalue weighted by Gasteiger charge is 2.14. The highest BCUT2D eigenvalue weighted by atomic mass is 19.1. The van der Waals surface area contributed by atoms with E-state index in [1.807, 2.05) is 0 Å². The Morgan fingerprint density at radius 2 is 2.17 bits per heavy atom. The van der Waals surface area contributed by atoms with Gasteiger partial charge in [0.05, 0.1) is 0 Å². The number of esters is 1. The van der Waals surface area contributed by atoms with Gasteiger partial charge in [-0.2, -0.15) is 0 Å². The van der Waals surface area contributed by atoms with Crippen LogP contribution < -0.4 is 0 Å². The molecule has 2 atom stereocenters. The molecule has 0 aliphatic heterocycles. The van der Waals surface area contributed by atoms with Gasteiger partial charge in [0.25, 0.3) is 0 Å². The van der Waals surface area contributed by atoms with Crippen LogP contribution in [-0.4, -0.2) is 32.0 Å². The highest BCUT2D eigenvalue weighted by Crippen LogP contribution is 1.99. The number of methoxy groups -OCH3 is 1. The van der Waals surface area contributed by atoms with Crippen LogP contribution in [-0.2, 0) is 14.3 Å². The second-order valence-electron chi connectivity index (χ2n) is 2.51. The summed E-state index contributed by atoms with van der Waals surface area (Å²) in [6.45, 7) is 3.07. The van der Waals surface area contributed by atoms with Crippen LogP contribution >= 0.6 is 0 Å². The van der Waals surface area contributed by atoms with Gasteiger partial charge in [-0.1, -0.05) is 6.92 Å². The van der Waals surface area contributed by atoms with Crippen molar-refractivity contribution in [3.63, 3.8) is 0 Å². The van der Waals surface area contributed by atoms with Crippen LogP contribution in [0.2, 0.25) is 0 Å². The Balaban J connectivity index is 3.56. The van der Waals surface area contributed by atoms with Gasteiger partial charge in [0.2, 0.25) is 0 Å². The second-order valence-corrected chi connectivity index (χ2v) is 2.51. The van der Waals surface area contributed by atoms with Crippen LogP contribution in [0, 0.1) is 0 Å². The summed E-state index contributed by atoms with van der Waals surface area (Å²) >= 11 is 0. The molecule has 0 heterocycles. The van der Waals surface area contributed by atoms with Crippen molar-refractivity contribution < 1.29 is 18.7 Å². The van der Waals surface area contributed by atoms with E-state index in [1.54, 1.807) is 13.8 Å². The molecular formula is C8H15FO3. The van der Waals surface area contributed by atoms with Crippen LogP contribution in [0.5, 0.6) is 0 Å². The van der Waals surface area contributed by atoms with Crippen LogP contribution in [0.15, 0.2) is 0 Å². The van der Waals surface area contributed by atoms with Crippen molar-refractivity contribution in [2.24, 2.45) is 0 Å². The van der Waals surface area contributed by atoms with Crippen molar-refractivity contribution in [2.75, 3.05) is 13.7 Å². The third kappa shape index (κ3) is 4.28. The molecule has 12 heavy (non-hydrogen) atoms. The molecular weight excluding hydrogens is 163 g/mol. The predicted molar refractivity (Wildman–Crippen MR) is 42.6 cm³/mol. The molecule has 3 nitrogen and oxygen atoms in total. The molecule has 0 aliphatic rings. The largest absolute Gasteiger partial charge is 0.461 e. The van der Waals surface area contributed by atoms with E-state index in [4.69, 9.17) is 0 Å². The average molecular weight is 178 g/mol. The van der Waals surface area contributed by atoms with E-state index in [9.17, 15) is 9.18 Å². The Bertz CT molecular complexity index is 138. The van der Waals surface area contributed by atoms with E-state index >= 15 is 0 Å². The number of alkyl halides is 1. The molecule has 0 saturated heterocycles.